The van der Waals surface area contributed by atoms with Crippen molar-refractivity contribution in [3.63, 3.8) is 0 Å². The Hall–Kier alpha value is -3.04. The van der Waals surface area contributed by atoms with E-state index in [1.807, 2.05) is 13.8 Å². The van der Waals surface area contributed by atoms with Crippen molar-refractivity contribution in [2.24, 2.45) is 0 Å². The molecular formula is C17H18BF2N5O2. The fourth-order valence-electron chi connectivity index (χ4n) is 3.82. The highest BCUT2D eigenvalue weighted by Crippen LogP contribution is 2.39. The van der Waals surface area contributed by atoms with Crippen LogP contribution in [0, 0.1) is 13.8 Å². The third kappa shape index (κ3) is 2.47. The van der Waals surface area contributed by atoms with Crippen molar-refractivity contribution in [1.29, 1.82) is 0 Å². The molecule has 4 heterocycles. The van der Waals surface area contributed by atoms with Crippen LogP contribution in [0.1, 0.15) is 29.6 Å². The second kappa shape index (κ2) is 5.73. The maximum atomic E-state index is 15.3. The summed E-state index contributed by atoms with van der Waals surface area (Å²) in [6.45, 7) is 1.27. The van der Waals surface area contributed by atoms with Crippen LogP contribution in [-0.4, -0.2) is 50.2 Å². The number of aromatic nitrogens is 4. The molecule has 0 aliphatic carbocycles. The summed E-state index contributed by atoms with van der Waals surface area (Å²) in [5.41, 5.74) is 4.07. The molecule has 0 saturated carbocycles. The monoisotopic (exact) mass is 373 g/mol. The summed E-state index contributed by atoms with van der Waals surface area (Å²) >= 11 is 0. The number of carbonyl (C=O) groups is 1. The number of esters is 1. The molecule has 4 rings (SSSR count). The summed E-state index contributed by atoms with van der Waals surface area (Å²) in [6.07, 6.45) is 4.61. The van der Waals surface area contributed by atoms with Crippen LogP contribution in [0.4, 0.5) is 8.63 Å². The Morgan fingerprint density at radius 3 is 2.78 bits per heavy atom. The first-order valence-corrected chi connectivity index (χ1v) is 8.48. The molecule has 10 heteroatoms. The van der Waals surface area contributed by atoms with Gasteiger partial charge < -0.3 is 22.3 Å². The van der Waals surface area contributed by atoms with E-state index in [-0.39, 0.29) is 6.54 Å². The quantitative estimate of drug-likeness (QED) is 0.610. The van der Waals surface area contributed by atoms with Gasteiger partial charge in [0, 0.05) is 17.3 Å². The van der Waals surface area contributed by atoms with Gasteiger partial charge in [-0.1, -0.05) is 5.21 Å². The number of rotatable bonds is 3. The Balaban J connectivity index is 1.79. The van der Waals surface area contributed by atoms with E-state index in [1.54, 1.807) is 19.1 Å². The molecule has 0 amide bonds. The lowest BCUT2D eigenvalue weighted by Gasteiger charge is -2.31. The van der Waals surface area contributed by atoms with Crippen LogP contribution in [0.15, 0.2) is 24.0 Å². The Morgan fingerprint density at radius 1 is 1.33 bits per heavy atom. The van der Waals surface area contributed by atoms with Gasteiger partial charge in [-0.3, -0.25) is 4.79 Å². The molecular weight excluding hydrogens is 355 g/mol. The zero-order valence-corrected chi connectivity index (χ0v) is 15.4. The highest BCUT2D eigenvalue weighted by molar-refractivity contribution is 6.58. The van der Waals surface area contributed by atoms with Crippen molar-refractivity contribution >= 4 is 30.3 Å². The number of carbonyl (C=O) groups excluding carboxylic acids is 1. The standard InChI is InChI=1S/C17H18BF2N5O2/c1-10-5-11(2)25-17(10)12(3)15-6-13(7-24(15)18(25,19)20)14-8-23(22-21-14)9-16(26)27-4/h5-8H,9H2,1-4H3. The highest BCUT2D eigenvalue weighted by atomic mass is 19.2. The lowest BCUT2D eigenvalue weighted by atomic mass is 9.88. The van der Waals surface area contributed by atoms with E-state index in [9.17, 15) is 4.79 Å². The Labute approximate surface area is 154 Å². The number of methoxy groups -OCH3 is 1. The second-order valence-electron chi connectivity index (χ2n) is 6.80. The van der Waals surface area contributed by atoms with Gasteiger partial charge in [0.25, 0.3) is 0 Å². The highest BCUT2D eigenvalue weighted by Gasteiger charge is 2.53. The van der Waals surface area contributed by atoms with Crippen LogP contribution in [0.5, 0.6) is 0 Å². The fraction of sp³-hybridized carbons (Fsp3) is 0.294. The number of hydrogen-bond donors (Lipinski definition) is 0. The lowest BCUT2D eigenvalue weighted by molar-refractivity contribution is -0.356. The number of ether oxygens (including phenoxy) is 1. The Morgan fingerprint density at radius 2 is 2.07 bits per heavy atom. The lowest BCUT2D eigenvalue weighted by Crippen LogP contribution is -2.49. The van der Waals surface area contributed by atoms with E-state index in [4.69, 9.17) is 0 Å². The van der Waals surface area contributed by atoms with E-state index in [0.717, 1.165) is 20.1 Å². The Bertz CT molecular complexity index is 1080. The van der Waals surface area contributed by atoms with Crippen LogP contribution in [0.25, 0.3) is 11.1 Å². The fourth-order valence-corrected chi connectivity index (χ4v) is 3.82. The number of nitrogens with zero attached hydrogens (tertiary/aromatic N) is 5. The molecule has 2 aliphatic heterocycles. The number of allylic oxidation sites excluding steroid dienone is 3. The first-order chi connectivity index (χ1) is 12.7. The molecule has 0 bridgehead atoms. The molecule has 0 atom stereocenters. The van der Waals surface area contributed by atoms with E-state index >= 15 is 8.63 Å². The van der Waals surface area contributed by atoms with Crippen molar-refractivity contribution in [3.8, 4) is 0 Å². The summed E-state index contributed by atoms with van der Waals surface area (Å²) in [5.74, 6) is -0.466. The van der Waals surface area contributed by atoms with Gasteiger partial charge in [0.05, 0.1) is 18.9 Å². The molecule has 0 spiro atoms. The van der Waals surface area contributed by atoms with E-state index in [2.05, 4.69) is 15.0 Å². The number of hydrogen-bond acceptors (Lipinski definition) is 4. The molecule has 0 fully saturated rings. The van der Waals surface area contributed by atoms with Crippen LogP contribution in [0.3, 0.4) is 0 Å². The van der Waals surface area contributed by atoms with Gasteiger partial charge in [-0.2, -0.15) is 0 Å². The van der Waals surface area contributed by atoms with Crippen LogP contribution in [0.2, 0.25) is 0 Å². The van der Waals surface area contributed by atoms with E-state index in [0.29, 0.717) is 28.4 Å². The third-order valence-electron chi connectivity index (χ3n) is 5.01. The first kappa shape index (κ1) is 17.4. The summed E-state index contributed by atoms with van der Waals surface area (Å²) in [4.78, 5) is 11.4. The normalized spacial score (nSPS) is 17.4. The number of fused-ring (bicyclic) bond motifs is 2. The summed E-state index contributed by atoms with van der Waals surface area (Å²) in [5, 5.41) is 7.86. The maximum absolute atomic E-state index is 15.3. The molecule has 140 valence electrons. The zero-order chi connectivity index (χ0) is 19.5. The predicted molar refractivity (Wildman–Crippen MR) is 96.2 cm³/mol. The molecule has 0 aromatic carbocycles. The largest absolute Gasteiger partial charge is 0.737 e. The predicted octanol–water partition coefficient (Wildman–Crippen LogP) is 2.02. The van der Waals surface area contributed by atoms with Gasteiger partial charge in [-0.15, -0.1) is 5.10 Å². The minimum Gasteiger partial charge on any atom is -0.468 e. The molecule has 0 saturated heterocycles. The number of halogens is 2. The van der Waals surface area contributed by atoms with Crippen molar-refractivity contribution < 1.29 is 22.6 Å². The van der Waals surface area contributed by atoms with Crippen molar-refractivity contribution in [3.05, 3.63) is 46.7 Å². The second-order valence-corrected chi connectivity index (χ2v) is 6.80. The molecule has 0 radical (unpaired) electrons. The SMILES string of the molecule is COC(=O)Cn1cc(C2=CC3=C(C)c4c(C)cc(C)n4[B-](F)(F)[N+]3=C2)nn1. The van der Waals surface area contributed by atoms with Gasteiger partial charge >= 0.3 is 12.9 Å². The van der Waals surface area contributed by atoms with Crippen LogP contribution < -0.4 is 0 Å². The van der Waals surface area contributed by atoms with E-state index < -0.39 is 12.9 Å². The smallest absolute Gasteiger partial charge is 0.468 e. The van der Waals surface area contributed by atoms with Crippen molar-refractivity contribution in [1.82, 2.24) is 19.5 Å². The molecule has 27 heavy (non-hydrogen) atoms. The van der Waals surface area contributed by atoms with Crippen molar-refractivity contribution in [2.45, 2.75) is 27.3 Å². The summed E-state index contributed by atoms with van der Waals surface area (Å²) in [7, 11) is 1.28. The van der Waals surface area contributed by atoms with Gasteiger partial charge in [-0.25, -0.2) is 4.68 Å². The summed E-state index contributed by atoms with van der Waals surface area (Å²) in [6, 6.07) is 1.78. The van der Waals surface area contributed by atoms with Crippen molar-refractivity contribution in [2.75, 3.05) is 7.11 Å². The third-order valence-corrected chi connectivity index (χ3v) is 5.01. The maximum Gasteiger partial charge on any atom is 0.737 e. The molecule has 2 aromatic heterocycles. The van der Waals surface area contributed by atoms with Crippen LogP contribution in [-0.2, 0) is 16.1 Å². The van der Waals surface area contributed by atoms with Gasteiger partial charge in [0.2, 0.25) is 0 Å². The van der Waals surface area contributed by atoms with Gasteiger partial charge in [0.15, 0.2) is 5.70 Å². The average Bonchev–Trinajstić information content (AvgIpc) is 3.30. The molecule has 0 N–H and O–H groups in total. The zero-order valence-electron chi connectivity index (χ0n) is 15.4. The minimum absolute atomic E-state index is 0.0911. The van der Waals surface area contributed by atoms with Gasteiger partial charge in [0.1, 0.15) is 18.5 Å². The first-order valence-electron chi connectivity index (χ1n) is 8.48. The molecule has 7 nitrogen and oxygen atoms in total. The molecule has 2 aromatic rings. The molecule has 2 aliphatic rings. The average molecular weight is 373 g/mol. The van der Waals surface area contributed by atoms with Gasteiger partial charge in [-0.05, 0) is 38.1 Å². The topological polar surface area (TPSA) is 64.9 Å². The molecule has 0 unspecified atom stereocenters. The minimum atomic E-state index is -4.01. The van der Waals surface area contributed by atoms with E-state index in [1.165, 1.54) is 24.2 Å². The van der Waals surface area contributed by atoms with Crippen LogP contribution >= 0.6 is 0 Å². The number of aryl methyl sites for hydroxylation is 2. The summed E-state index contributed by atoms with van der Waals surface area (Å²) < 4.78 is 38.6. The Kier molecular flexibility index (Phi) is 3.69.